The van der Waals surface area contributed by atoms with Crippen molar-refractivity contribution in [2.75, 3.05) is 6.54 Å². The van der Waals surface area contributed by atoms with Crippen molar-refractivity contribution < 1.29 is 27.8 Å². The molecule has 1 fully saturated rings. The van der Waals surface area contributed by atoms with Gasteiger partial charge in [-0.05, 0) is 63.1 Å². The van der Waals surface area contributed by atoms with E-state index in [0.717, 1.165) is 16.7 Å². The van der Waals surface area contributed by atoms with Gasteiger partial charge in [0.05, 0.1) is 11.0 Å². The van der Waals surface area contributed by atoms with Gasteiger partial charge in [-0.25, -0.2) is 8.42 Å². The molecule has 0 bridgehead atoms. The summed E-state index contributed by atoms with van der Waals surface area (Å²) in [5.74, 6) is -0.757. The van der Waals surface area contributed by atoms with Crippen LogP contribution in [0.3, 0.4) is 0 Å². The van der Waals surface area contributed by atoms with Crippen molar-refractivity contribution >= 4 is 15.8 Å². The van der Waals surface area contributed by atoms with Crippen LogP contribution in [0.25, 0.3) is 0 Å². The fourth-order valence-corrected chi connectivity index (χ4v) is 5.32. The van der Waals surface area contributed by atoms with Crippen LogP contribution in [0.1, 0.15) is 30.5 Å². The number of hydrogen-bond acceptors (Lipinski definition) is 6. The second-order valence-electron chi connectivity index (χ2n) is 7.82. The smallest absolute Gasteiger partial charge is 0.324 e. The summed E-state index contributed by atoms with van der Waals surface area (Å²) in [6.45, 7) is 7.64. The first-order chi connectivity index (χ1) is 14.0. The van der Waals surface area contributed by atoms with Crippen LogP contribution < -0.4 is 10.1 Å². The second-order valence-corrected chi connectivity index (χ2v) is 10.1. The number of aliphatic carboxylic acids is 1. The van der Waals surface area contributed by atoms with E-state index in [1.54, 1.807) is 19.1 Å². The molecule has 2 N–H and O–H groups in total. The zero-order valence-electron chi connectivity index (χ0n) is 17.5. The predicted octanol–water partition coefficient (Wildman–Crippen LogP) is 2.83. The number of rotatable bonds is 6. The number of aryl methyl sites for hydroxylation is 2. The van der Waals surface area contributed by atoms with Gasteiger partial charge in [0, 0.05) is 6.54 Å². The molecule has 8 heteroatoms. The number of nitrogens with one attached hydrogen (secondary N) is 1. The molecule has 1 aliphatic heterocycles. The van der Waals surface area contributed by atoms with E-state index in [1.807, 2.05) is 26.0 Å². The zero-order valence-corrected chi connectivity index (χ0v) is 18.3. The highest BCUT2D eigenvalue weighted by atomic mass is 32.2. The summed E-state index contributed by atoms with van der Waals surface area (Å²) in [6, 6.07) is 10.7. The molecule has 0 amide bonds. The zero-order chi connectivity index (χ0) is 22.1. The molecule has 3 rings (SSSR count). The highest BCUT2D eigenvalue weighted by molar-refractivity contribution is 7.92. The van der Waals surface area contributed by atoms with Crippen molar-refractivity contribution in [1.29, 1.82) is 0 Å². The molecule has 0 saturated carbocycles. The van der Waals surface area contributed by atoms with Gasteiger partial charge in [0.25, 0.3) is 0 Å². The monoisotopic (exact) mass is 433 g/mol. The van der Waals surface area contributed by atoms with Crippen LogP contribution in [0.15, 0.2) is 47.4 Å². The average molecular weight is 434 g/mol. The standard InChI is InChI=1S/C22H27NO6S/c1-14-5-6-15(2)17(11-14)13-28-18-7-9-19(10-8-18)30(26,27)22(4)20(21(24)25)23-12-16(3)29-22/h5-11,16,20,23H,12-13H2,1-4H3,(H,24,25)/t16-,20+,22-/m0/s1. The first kappa shape index (κ1) is 22.3. The molecule has 2 aromatic rings. The third-order valence-corrected chi connectivity index (χ3v) is 7.67. The van der Waals surface area contributed by atoms with Crippen LogP contribution in [0.4, 0.5) is 0 Å². The summed E-state index contributed by atoms with van der Waals surface area (Å²) >= 11 is 0. The summed E-state index contributed by atoms with van der Waals surface area (Å²) in [4.78, 5) is 9.70. The highest BCUT2D eigenvalue weighted by Gasteiger charge is 2.54. The number of benzene rings is 2. The van der Waals surface area contributed by atoms with E-state index >= 15 is 0 Å². The fourth-order valence-electron chi connectivity index (χ4n) is 3.57. The Balaban J connectivity index is 1.82. The van der Waals surface area contributed by atoms with Crippen molar-refractivity contribution in [3.63, 3.8) is 0 Å². The van der Waals surface area contributed by atoms with E-state index in [0.29, 0.717) is 12.4 Å². The maximum atomic E-state index is 13.3. The quantitative estimate of drug-likeness (QED) is 0.722. The number of carboxylic acids is 1. The molecule has 1 aliphatic rings. The van der Waals surface area contributed by atoms with Gasteiger partial charge in [0.1, 0.15) is 18.4 Å². The molecule has 0 aliphatic carbocycles. The van der Waals surface area contributed by atoms with Crippen molar-refractivity contribution in [2.24, 2.45) is 0 Å². The Morgan fingerprint density at radius 2 is 1.90 bits per heavy atom. The van der Waals surface area contributed by atoms with Crippen molar-refractivity contribution in [3.8, 4) is 5.75 Å². The average Bonchev–Trinajstić information content (AvgIpc) is 2.68. The second kappa shape index (κ2) is 8.37. The molecule has 3 atom stereocenters. The van der Waals surface area contributed by atoms with Gasteiger partial charge in [0.15, 0.2) is 4.93 Å². The van der Waals surface area contributed by atoms with E-state index in [1.165, 1.54) is 19.1 Å². The Hall–Kier alpha value is -2.42. The minimum atomic E-state index is -4.11. The van der Waals surface area contributed by atoms with Crippen LogP contribution >= 0.6 is 0 Å². The van der Waals surface area contributed by atoms with Crippen LogP contribution in [-0.4, -0.2) is 43.1 Å². The third kappa shape index (κ3) is 4.21. The van der Waals surface area contributed by atoms with Gasteiger partial charge in [-0.15, -0.1) is 0 Å². The Morgan fingerprint density at radius 1 is 1.23 bits per heavy atom. The number of carboxylic acid groups (broad SMARTS) is 1. The summed E-state index contributed by atoms with van der Waals surface area (Å²) < 4.78 is 38.0. The minimum Gasteiger partial charge on any atom is -0.489 e. The van der Waals surface area contributed by atoms with Gasteiger partial charge >= 0.3 is 5.97 Å². The third-order valence-electron chi connectivity index (χ3n) is 5.38. The van der Waals surface area contributed by atoms with Gasteiger partial charge < -0.3 is 14.6 Å². The SMILES string of the molecule is Cc1ccc(C)c(COc2ccc(S(=O)(=O)[C@]3(C)O[C@@H](C)CN[C@@H]3C(=O)O)cc2)c1. The molecule has 2 aromatic carbocycles. The van der Waals surface area contributed by atoms with Crippen molar-refractivity contribution in [3.05, 3.63) is 59.2 Å². The summed E-state index contributed by atoms with van der Waals surface area (Å²) in [5.41, 5.74) is 3.31. The van der Waals surface area contributed by atoms with Gasteiger partial charge in [-0.2, -0.15) is 0 Å². The lowest BCUT2D eigenvalue weighted by molar-refractivity contribution is -0.152. The maximum absolute atomic E-state index is 13.3. The van der Waals surface area contributed by atoms with Gasteiger partial charge in [-0.3, -0.25) is 10.1 Å². The Morgan fingerprint density at radius 3 is 2.53 bits per heavy atom. The number of sulfone groups is 1. The van der Waals surface area contributed by atoms with Crippen LogP contribution in [0.2, 0.25) is 0 Å². The molecule has 0 spiro atoms. The first-order valence-corrected chi connectivity index (χ1v) is 11.2. The topological polar surface area (TPSA) is 102 Å². The first-order valence-electron chi connectivity index (χ1n) is 9.72. The lowest BCUT2D eigenvalue weighted by atomic mass is 10.1. The Kier molecular flexibility index (Phi) is 6.21. The summed E-state index contributed by atoms with van der Waals surface area (Å²) in [6.07, 6.45) is -0.444. The van der Waals surface area contributed by atoms with E-state index in [4.69, 9.17) is 9.47 Å². The van der Waals surface area contributed by atoms with Crippen molar-refractivity contribution in [1.82, 2.24) is 5.32 Å². The largest absolute Gasteiger partial charge is 0.489 e. The maximum Gasteiger partial charge on any atom is 0.324 e. The summed E-state index contributed by atoms with van der Waals surface area (Å²) in [7, 11) is -4.11. The molecular formula is C22H27NO6S. The van der Waals surface area contributed by atoms with Gasteiger partial charge in [0.2, 0.25) is 9.84 Å². The molecular weight excluding hydrogens is 406 g/mol. The summed E-state index contributed by atoms with van der Waals surface area (Å²) in [5, 5.41) is 12.3. The normalized spacial score (nSPS) is 24.4. The van der Waals surface area contributed by atoms with E-state index < -0.39 is 32.9 Å². The number of hydrogen-bond donors (Lipinski definition) is 2. The molecule has 1 heterocycles. The lowest BCUT2D eigenvalue weighted by Crippen LogP contribution is -2.65. The number of carbonyl (C=O) groups is 1. The minimum absolute atomic E-state index is 0.0220. The molecule has 7 nitrogen and oxygen atoms in total. The molecule has 0 aromatic heterocycles. The van der Waals surface area contributed by atoms with Crippen LogP contribution in [-0.2, 0) is 26.0 Å². The van der Waals surface area contributed by atoms with Crippen LogP contribution in [0, 0.1) is 13.8 Å². The number of morpholine rings is 1. The van der Waals surface area contributed by atoms with E-state index in [9.17, 15) is 18.3 Å². The molecule has 0 radical (unpaired) electrons. The lowest BCUT2D eigenvalue weighted by Gasteiger charge is -2.41. The van der Waals surface area contributed by atoms with E-state index in [-0.39, 0.29) is 11.4 Å². The Bertz CT molecular complexity index is 1030. The fraction of sp³-hybridized carbons (Fsp3) is 0.409. The molecule has 0 unspecified atom stereocenters. The highest BCUT2D eigenvalue weighted by Crippen LogP contribution is 2.34. The number of ether oxygens (including phenoxy) is 2. The predicted molar refractivity (Wildman–Crippen MR) is 112 cm³/mol. The van der Waals surface area contributed by atoms with Crippen molar-refractivity contribution in [2.45, 2.75) is 56.3 Å². The molecule has 30 heavy (non-hydrogen) atoms. The molecule has 1 saturated heterocycles. The molecule has 162 valence electrons. The van der Waals surface area contributed by atoms with E-state index in [2.05, 4.69) is 11.4 Å². The Labute approximate surface area is 176 Å². The van der Waals surface area contributed by atoms with Gasteiger partial charge in [-0.1, -0.05) is 23.8 Å². The van der Waals surface area contributed by atoms with Crippen LogP contribution in [0.5, 0.6) is 5.75 Å².